The molecule has 0 aliphatic carbocycles. The molecule has 2 amide bonds. The number of anilines is 1. The maximum Gasteiger partial charge on any atom is 0.415 e. The Balaban J connectivity index is 1.36. The second kappa shape index (κ2) is 13.8. The zero-order valence-electron chi connectivity index (χ0n) is 25.7. The molecule has 1 fully saturated rings. The lowest BCUT2D eigenvalue weighted by atomic mass is 10.0. The molecule has 3 aromatic carbocycles. The number of aliphatic hydroxyl groups is 1. The molecule has 46 heavy (non-hydrogen) atoms. The van der Waals surface area contributed by atoms with Gasteiger partial charge in [0.2, 0.25) is 10.0 Å². The molecule has 3 atom stereocenters. The number of hydrogen-bond donors (Lipinski definition) is 2. The van der Waals surface area contributed by atoms with Gasteiger partial charge in [0.15, 0.2) is 23.9 Å². The quantitative estimate of drug-likeness (QED) is 0.206. The predicted octanol–water partition coefficient (Wildman–Crippen LogP) is 3.79. The molecule has 5 rings (SSSR count). The molecule has 2 heterocycles. The van der Waals surface area contributed by atoms with Crippen LogP contribution in [0.3, 0.4) is 0 Å². The highest BCUT2D eigenvalue weighted by Crippen LogP contribution is 2.25. The normalized spacial score (nSPS) is 16.5. The van der Waals surface area contributed by atoms with Crippen molar-refractivity contribution in [1.82, 2.24) is 14.6 Å². The first-order valence-electron chi connectivity index (χ1n) is 14.9. The van der Waals surface area contributed by atoms with E-state index in [0.717, 1.165) is 5.56 Å². The van der Waals surface area contributed by atoms with Crippen LogP contribution in [-0.2, 0) is 26.0 Å². The summed E-state index contributed by atoms with van der Waals surface area (Å²) in [6, 6.07) is 19.0. The number of cyclic esters (lactones) is 1. The summed E-state index contributed by atoms with van der Waals surface area (Å²) in [7, 11) is -4.09. The smallest absolute Gasteiger partial charge is 0.415 e. The summed E-state index contributed by atoms with van der Waals surface area (Å²) in [6.07, 6.45) is -1.88. The number of ketones is 1. The Bertz CT molecular complexity index is 1830. The number of hydrogen-bond acceptors (Lipinski definition) is 9. The minimum Gasteiger partial charge on any atom is -0.443 e. The number of aliphatic hydroxyl groups excluding tert-OH is 1. The second-order valence-corrected chi connectivity index (χ2v) is 13.6. The molecule has 13 heteroatoms. The summed E-state index contributed by atoms with van der Waals surface area (Å²) in [5.74, 6) is -0.896. The fourth-order valence-corrected chi connectivity index (χ4v) is 6.93. The zero-order chi connectivity index (χ0) is 33.0. The number of carbonyl (C=O) groups is 3. The molecule has 0 radical (unpaired) electrons. The van der Waals surface area contributed by atoms with Gasteiger partial charge in [-0.2, -0.15) is 4.31 Å². The minimum absolute atomic E-state index is 0.00260. The lowest BCUT2D eigenvalue weighted by Gasteiger charge is -2.31. The zero-order valence-corrected chi connectivity index (χ0v) is 26.5. The van der Waals surface area contributed by atoms with E-state index < -0.39 is 40.3 Å². The van der Waals surface area contributed by atoms with Crippen LogP contribution in [0.25, 0.3) is 11.1 Å². The van der Waals surface area contributed by atoms with Crippen LogP contribution in [0.15, 0.2) is 88.5 Å². The number of rotatable bonds is 13. The average molecular weight is 649 g/mol. The Labute approximate surface area is 267 Å². The van der Waals surface area contributed by atoms with Gasteiger partial charge in [0.05, 0.1) is 23.6 Å². The standard InChI is InChI=1S/C33H36N4O8S/c1-21(2)17-36(46(42,43)26-12-13-30-28(16-26)34-20-44-30)18-29(39)27(14-23-8-5-4-6-9-23)35-32(40)31-19-37(33(41)45-31)25-11-7-10-24(15-25)22(3)38/h4-13,15-16,20-21,27,29,31,39H,14,17-19H2,1-3H3,(H,35,40)/t27-,29+,31-/m0/s1. The van der Waals surface area contributed by atoms with Gasteiger partial charge >= 0.3 is 6.09 Å². The van der Waals surface area contributed by atoms with Crippen LogP contribution < -0.4 is 10.2 Å². The van der Waals surface area contributed by atoms with E-state index in [4.69, 9.17) is 9.15 Å². The van der Waals surface area contributed by atoms with Crippen molar-refractivity contribution in [2.24, 2.45) is 5.92 Å². The maximum absolute atomic E-state index is 13.8. The lowest BCUT2D eigenvalue weighted by molar-refractivity contribution is -0.129. The molecular weight excluding hydrogens is 612 g/mol. The van der Waals surface area contributed by atoms with Crippen LogP contribution in [-0.4, -0.2) is 78.5 Å². The Morgan fingerprint density at radius 3 is 2.54 bits per heavy atom. The Morgan fingerprint density at radius 2 is 1.83 bits per heavy atom. The molecule has 1 aliphatic heterocycles. The number of carbonyl (C=O) groups excluding carboxylic acids is 3. The van der Waals surface area contributed by atoms with Crippen molar-refractivity contribution in [1.29, 1.82) is 0 Å². The molecule has 0 saturated carbocycles. The van der Waals surface area contributed by atoms with Crippen molar-refractivity contribution in [2.45, 2.75) is 50.3 Å². The van der Waals surface area contributed by atoms with E-state index in [9.17, 15) is 27.9 Å². The number of nitrogens with zero attached hydrogens (tertiary/aromatic N) is 3. The molecule has 0 unspecified atom stereocenters. The molecule has 4 aromatic rings. The van der Waals surface area contributed by atoms with Gasteiger partial charge in [-0.25, -0.2) is 18.2 Å². The maximum atomic E-state index is 13.8. The largest absolute Gasteiger partial charge is 0.443 e. The SMILES string of the molecule is CC(=O)c1cccc(N2C[C@@H](C(=O)N[C@@H](Cc3ccccc3)[C@H](O)CN(CC(C)C)S(=O)(=O)c3ccc4ocnc4c3)OC2=O)c1. The number of fused-ring (bicyclic) bond motifs is 1. The second-order valence-electron chi connectivity index (χ2n) is 11.7. The summed E-state index contributed by atoms with van der Waals surface area (Å²) in [6.45, 7) is 4.83. The number of Topliss-reactive ketones (excluding diaryl/α,β-unsaturated/α-hetero) is 1. The van der Waals surface area contributed by atoms with E-state index in [-0.39, 0.29) is 42.7 Å². The van der Waals surface area contributed by atoms with Crippen LogP contribution in [0.2, 0.25) is 0 Å². The van der Waals surface area contributed by atoms with Crippen LogP contribution in [0.4, 0.5) is 10.5 Å². The number of oxazole rings is 1. The van der Waals surface area contributed by atoms with Crippen LogP contribution in [0, 0.1) is 5.92 Å². The van der Waals surface area contributed by atoms with Gasteiger partial charge in [-0.05, 0) is 55.2 Å². The fourth-order valence-electron chi connectivity index (χ4n) is 5.29. The van der Waals surface area contributed by atoms with Crippen LogP contribution in [0.5, 0.6) is 0 Å². The van der Waals surface area contributed by atoms with Crippen molar-refractivity contribution < 1.29 is 37.1 Å². The fraction of sp³-hybridized carbons (Fsp3) is 0.333. The number of benzene rings is 3. The molecule has 1 aliphatic rings. The third-order valence-electron chi connectivity index (χ3n) is 7.66. The molecule has 242 valence electrons. The van der Waals surface area contributed by atoms with Crippen LogP contribution in [0.1, 0.15) is 36.7 Å². The monoisotopic (exact) mass is 648 g/mol. The summed E-state index contributed by atoms with van der Waals surface area (Å²) in [5, 5.41) is 14.4. The highest BCUT2D eigenvalue weighted by atomic mass is 32.2. The number of nitrogens with one attached hydrogen (secondary N) is 1. The summed E-state index contributed by atoms with van der Waals surface area (Å²) in [4.78, 5) is 43.4. The third-order valence-corrected chi connectivity index (χ3v) is 9.49. The first-order chi connectivity index (χ1) is 21.9. The van der Waals surface area contributed by atoms with Crippen molar-refractivity contribution >= 4 is 44.6 Å². The van der Waals surface area contributed by atoms with E-state index >= 15 is 0 Å². The molecule has 0 spiro atoms. The highest BCUT2D eigenvalue weighted by Gasteiger charge is 2.39. The Morgan fingerprint density at radius 1 is 1.07 bits per heavy atom. The number of ether oxygens (including phenoxy) is 1. The summed E-state index contributed by atoms with van der Waals surface area (Å²) >= 11 is 0. The van der Waals surface area contributed by atoms with Crippen LogP contribution >= 0.6 is 0 Å². The number of aromatic nitrogens is 1. The van der Waals surface area contributed by atoms with E-state index in [1.807, 2.05) is 44.2 Å². The average Bonchev–Trinajstić information content (AvgIpc) is 3.67. The highest BCUT2D eigenvalue weighted by molar-refractivity contribution is 7.89. The molecule has 0 bridgehead atoms. The van der Waals surface area contributed by atoms with Gasteiger partial charge in [0.1, 0.15) is 5.52 Å². The molecule has 2 N–H and O–H groups in total. The predicted molar refractivity (Wildman–Crippen MR) is 170 cm³/mol. The molecule has 12 nitrogen and oxygen atoms in total. The van der Waals surface area contributed by atoms with Crippen molar-refractivity contribution in [2.75, 3.05) is 24.5 Å². The van der Waals surface area contributed by atoms with Crippen molar-refractivity contribution in [3.63, 3.8) is 0 Å². The first-order valence-corrected chi connectivity index (χ1v) is 16.3. The molecular formula is C33H36N4O8S. The Hall–Kier alpha value is -4.59. The topological polar surface area (TPSA) is 159 Å². The molecule has 1 aromatic heterocycles. The van der Waals surface area contributed by atoms with Gasteiger partial charge in [-0.1, -0.05) is 56.3 Å². The van der Waals surface area contributed by atoms with E-state index in [1.54, 1.807) is 24.3 Å². The van der Waals surface area contributed by atoms with Gasteiger partial charge in [0, 0.05) is 24.3 Å². The van der Waals surface area contributed by atoms with E-state index in [2.05, 4.69) is 10.3 Å². The van der Waals surface area contributed by atoms with Crippen molar-refractivity contribution in [3.8, 4) is 0 Å². The van der Waals surface area contributed by atoms with Gasteiger partial charge in [0.25, 0.3) is 5.91 Å². The number of sulfonamides is 1. The Kier molecular flexibility index (Phi) is 9.85. The van der Waals surface area contributed by atoms with Gasteiger partial charge in [-0.3, -0.25) is 14.5 Å². The third kappa shape index (κ3) is 7.44. The minimum atomic E-state index is -4.09. The summed E-state index contributed by atoms with van der Waals surface area (Å²) < 4.78 is 39.5. The lowest BCUT2D eigenvalue weighted by Crippen LogP contribution is -2.53. The first kappa shape index (κ1) is 32.8. The van der Waals surface area contributed by atoms with E-state index in [1.165, 1.54) is 40.7 Å². The molecule has 1 saturated heterocycles. The van der Waals surface area contributed by atoms with Crippen molar-refractivity contribution in [3.05, 3.63) is 90.3 Å². The summed E-state index contributed by atoms with van der Waals surface area (Å²) in [5.41, 5.74) is 2.44. The van der Waals surface area contributed by atoms with Gasteiger partial charge < -0.3 is 19.6 Å². The number of amides is 2. The van der Waals surface area contributed by atoms with E-state index in [0.29, 0.717) is 22.4 Å². The van der Waals surface area contributed by atoms with Gasteiger partial charge in [-0.15, -0.1) is 0 Å².